The van der Waals surface area contributed by atoms with E-state index in [0.29, 0.717) is 24.5 Å². The Morgan fingerprint density at radius 1 is 1.12 bits per heavy atom. The van der Waals surface area contributed by atoms with Crippen molar-refractivity contribution in [2.24, 2.45) is 0 Å². The molecule has 3 nitrogen and oxygen atoms in total. The predicted octanol–water partition coefficient (Wildman–Crippen LogP) is 4.05. The molecule has 3 aliphatic carbocycles. The van der Waals surface area contributed by atoms with Gasteiger partial charge in [-0.1, -0.05) is 30.3 Å². The second-order valence-electron chi connectivity index (χ2n) is 7.60. The van der Waals surface area contributed by atoms with Crippen LogP contribution in [-0.2, 0) is 11.2 Å². The maximum absolute atomic E-state index is 13.0. The van der Waals surface area contributed by atoms with Crippen LogP contribution in [0, 0.1) is 0 Å². The summed E-state index contributed by atoms with van der Waals surface area (Å²) in [7, 11) is 2.12. The normalized spacial score (nSPS) is 23.1. The fourth-order valence-electron chi connectivity index (χ4n) is 4.36. The molecule has 0 radical (unpaired) electrons. The first kappa shape index (κ1) is 15.9. The molecule has 0 aliphatic heterocycles. The first-order chi connectivity index (χ1) is 11.7. The van der Waals surface area contributed by atoms with Crippen LogP contribution < -0.4 is 0 Å². The third-order valence-electron chi connectivity index (χ3n) is 5.78. The van der Waals surface area contributed by atoms with Crippen molar-refractivity contribution in [2.45, 2.75) is 63.5 Å². The van der Waals surface area contributed by atoms with Crippen molar-refractivity contribution in [2.75, 3.05) is 13.6 Å². The number of hydrogen-bond acceptors (Lipinski definition) is 2. The van der Waals surface area contributed by atoms with Crippen LogP contribution in [0.4, 0.5) is 0 Å². The minimum absolute atomic E-state index is 0.303. The van der Waals surface area contributed by atoms with E-state index in [1.165, 1.54) is 42.5 Å². The Labute approximate surface area is 145 Å². The molecular formula is C21H28N2O. The van der Waals surface area contributed by atoms with Gasteiger partial charge in [0, 0.05) is 17.8 Å². The summed E-state index contributed by atoms with van der Waals surface area (Å²) in [6.45, 7) is 0.535. The molecule has 0 spiro atoms. The van der Waals surface area contributed by atoms with E-state index in [9.17, 15) is 4.79 Å². The zero-order valence-corrected chi connectivity index (χ0v) is 14.7. The number of aryl methyl sites for hydroxylation is 1. The average molecular weight is 324 g/mol. The van der Waals surface area contributed by atoms with E-state index < -0.39 is 0 Å². The summed E-state index contributed by atoms with van der Waals surface area (Å²) in [4.78, 5) is 17.5. The molecule has 1 saturated carbocycles. The second-order valence-corrected chi connectivity index (χ2v) is 7.60. The molecule has 0 N–H and O–H groups in total. The monoisotopic (exact) mass is 324 g/mol. The van der Waals surface area contributed by atoms with Gasteiger partial charge in [-0.15, -0.1) is 0 Å². The van der Waals surface area contributed by atoms with Gasteiger partial charge in [-0.05, 0) is 69.5 Å². The van der Waals surface area contributed by atoms with Crippen molar-refractivity contribution in [3.8, 4) is 0 Å². The van der Waals surface area contributed by atoms with E-state index >= 15 is 0 Å². The topological polar surface area (TPSA) is 23.6 Å². The van der Waals surface area contributed by atoms with Crippen molar-refractivity contribution in [3.63, 3.8) is 0 Å². The van der Waals surface area contributed by atoms with Crippen LogP contribution in [0.2, 0.25) is 0 Å². The van der Waals surface area contributed by atoms with Gasteiger partial charge in [0.05, 0.1) is 6.54 Å². The first-order valence-electron chi connectivity index (χ1n) is 9.53. The van der Waals surface area contributed by atoms with Crippen LogP contribution >= 0.6 is 0 Å². The number of carbonyl (C=O) groups is 1. The lowest BCUT2D eigenvalue weighted by Gasteiger charge is -2.31. The Kier molecular flexibility index (Phi) is 4.45. The Balaban J connectivity index is 1.46. The van der Waals surface area contributed by atoms with E-state index in [2.05, 4.69) is 47.2 Å². The van der Waals surface area contributed by atoms with Crippen LogP contribution in [0.15, 0.2) is 36.0 Å². The van der Waals surface area contributed by atoms with E-state index in [1.54, 1.807) is 0 Å². The largest absolute Gasteiger partial charge is 0.312 e. The summed E-state index contributed by atoms with van der Waals surface area (Å²) in [6, 6.07) is 9.58. The van der Waals surface area contributed by atoms with Gasteiger partial charge in [0.25, 0.3) is 0 Å². The lowest BCUT2D eigenvalue weighted by Crippen LogP contribution is -2.41. The number of rotatable bonds is 5. The highest BCUT2D eigenvalue weighted by atomic mass is 16.2. The lowest BCUT2D eigenvalue weighted by molar-refractivity contribution is -0.131. The maximum Gasteiger partial charge on any atom is 0.241 e. The number of hydrogen-bond donors (Lipinski definition) is 0. The molecule has 1 aromatic rings. The zero-order chi connectivity index (χ0) is 16.5. The van der Waals surface area contributed by atoms with E-state index in [-0.39, 0.29) is 0 Å². The molecule has 3 heteroatoms. The molecule has 1 fully saturated rings. The highest BCUT2D eigenvalue weighted by Gasteiger charge is 2.36. The standard InChI is InChI=1S/C21H28N2O/c1-22(20-14-11-16-7-5-6-10-19(16)20)15-21(24)23(18-12-13-18)17-8-3-2-4-9-17/h5-8,10,18,20H,2-4,9,11-15H2,1H3. The highest BCUT2D eigenvalue weighted by molar-refractivity contribution is 5.81. The number of fused-ring (bicyclic) bond motifs is 1. The number of likely N-dealkylation sites (N-methyl/N-ethyl adjacent to an activating group) is 1. The average Bonchev–Trinajstić information content (AvgIpc) is 3.33. The summed E-state index contributed by atoms with van der Waals surface area (Å²) >= 11 is 0. The zero-order valence-electron chi connectivity index (χ0n) is 14.7. The third-order valence-corrected chi connectivity index (χ3v) is 5.78. The van der Waals surface area contributed by atoms with Gasteiger partial charge in [0.2, 0.25) is 5.91 Å². The number of nitrogens with zero attached hydrogens (tertiary/aromatic N) is 2. The summed E-state index contributed by atoms with van der Waals surface area (Å²) in [6.07, 6.45) is 11.7. The Hall–Kier alpha value is -1.61. The summed E-state index contributed by atoms with van der Waals surface area (Å²) in [5.74, 6) is 0.303. The molecule has 0 saturated heterocycles. The fraction of sp³-hybridized carbons (Fsp3) is 0.571. The van der Waals surface area contributed by atoms with Gasteiger partial charge >= 0.3 is 0 Å². The molecule has 128 valence electrons. The molecule has 3 aliphatic rings. The molecule has 1 amide bonds. The molecule has 4 rings (SSSR count). The highest BCUT2D eigenvalue weighted by Crippen LogP contribution is 2.36. The van der Waals surface area contributed by atoms with Crippen LogP contribution in [0.1, 0.15) is 62.1 Å². The molecule has 0 bridgehead atoms. The van der Waals surface area contributed by atoms with Gasteiger partial charge < -0.3 is 4.90 Å². The van der Waals surface area contributed by atoms with Crippen LogP contribution in [0.25, 0.3) is 0 Å². The smallest absolute Gasteiger partial charge is 0.241 e. The first-order valence-corrected chi connectivity index (χ1v) is 9.53. The lowest BCUT2D eigenvalue weighted by atomic mass is 10.0. The number of allylic oxidation sites excluding steroid dienone is 2. The molecule has 24 heavy (non-hydrogen) atoms. The van der Waals surface area contributed by atoms with Gasteiger partial charge in [0.1, 0.15) is 0 Å². The molecule has 1 atom stereocenters. The van der Waals surface area contributed by atoms with Crippen molar-refractivity contribution in [1.29, 1.82) is 0 Å². The Morgan fingerprint density at radius 2 is 1.96 bits per heavy atom. The predicted molar refractivity (Wildman–Crippen MR) is 96.6 cm³/mol. The number of carbonyl (C=O) groups excluding carboxylic acids is 1. The molecule has 1 aromatic carbocycles. The van der Waals surface area contributed by atoms with E-state index in [4.69, 9.17) is 0 Å². The van der Waals surface area contributed by atoms with Crippen molar-refractivity contribution in [3.05, 3.63) is 47.2 Å². The molecule has 1 unspecified atom stereocenters. The summed E-state index contributed by atoms with van der Waals surface area (Å²) < 4.78 is 0. The van der Waals surface area contributed by atoms with E-state index in [1.807, 2.05) is 0 Å². The van der Waals surface area contributed by atoms with Crippen LogP contribution in [0.3, 0.4) is 0 Å². The van der Waals surface area contributed by atoms with Gasteiger partial charge in [-0.25, -0.2) is 0 Å². The van der Waals surface area contributed by atoms with Gasteiger partial charge in [-0.3, -0.25) is 9.69 Å². The van der Waals surface area contributed by atoms with Gasteiger partial charge in [-0.2, -0.15) is 0 Å². The fourth-order valence-corrected chi connectivity index (χ4v) is 4.36. The van der Waals surface area contributed by atoms with Crippen molar-refractivity contribution in [1.82, 2.24) is 9.80 Å². The maximum atomic E-state index is 13.0. The third kappa shape index (κ3) is 3.14. The second kappa shape index (κ2) is 6.72. The molecule has 0 aromatic heterocycles. The van der Waals surface area contributed by atoms with Crippen LogP contribution in [0.5, 0.6) is 0 Å². The van der Waals surface area contributed by atoms with Crippen molar-refractivity contribution >= 4 is 5.91 Å². The van der Waals surface area contributed by atoms with E-state index in [0.717, 1.165) is 25.7 Å². The SMILES string of the molecule is CN(CC(=O)N(C1=CCCCC1)C1CC1)C1CCc2ccccc21. The Morgan fingerprint density at radius 3 is 2.71 bits per heavy atom. The quantitative estimate of drug-likeness (QED) is 0.815. The molecular weight excluding hydrogens is 296 g/mol. The number of benzene rings is 1. The van der Waals surface area contributed by atoms with Crippen molar-refractivity contribution < 1.29 is 4.79 Å². The summed E-state index contributed by atoms with van der Waals surface area (Å²) in [5.41, 5.74) is 4.17. The minimum Gasteiger partial charge on any atom is -0.312 e. The van der Waals surface area contributed by atoms with Gasteiger partial charge in [0.15, 0.2) is 0 Å². The molecule has 0 heterocycles. The minimum atomic E-state index is 0.303. The van der Waals surface area contributed by atoms with Crippen LogP contribution in [-0.4, -0.2) is 35.3 Å². The number of amides is 1. The summed E-state index contributed by atoms with van der Waals surface area (Å²) in [5, 5.41) is 0. The Bertz CT molecular complexity index is 647.